The monoisotopic (exact) mass is 283 g/mol. The smallest absolute Gasteiger partial charge is 0.307 e. The average molecular weight is 283 g/mol. The van der Waals surface area contributed by atoms with Crippen molar-refractivity contribution in [1.82, 2.24) is 5.32 Å². The molecule has 0 aromatic heterocycles. The van der Waals surface area contributed by atoms with Gasteiger partial charge in [-0.05, 0) is 25.8 Å². The Morgan fingerprint density at radius 1 is 1.30 bits per heavy atom. The van der Waals surface area contributed by atoms with Crippen LogP contribution in [0.3, 0.4) is 0 Å². The molecule has 3 atom stereocenters. The van der Waals surface area contributed by atoms with E-state index in [0.717, 1.165) is 12.1 Å². The predicted molar refractivity (Wildman–Crippen MR) is 66.8 cm³/mol. The van der Waals surface area contributed by atoms with Crippen molar-refractivity contribution in [2.45, 2.75) is 25.8 Å². The molecule has 1 amide bonds. The number of carbonyl (C=O) groups excluding carboxylic acids is 1. The fourth-order valence-electron chi connectivity index (χ4n) is 2.36. The Labute approximate surface area is 114 Å². The highest BCUT2D eigenvalue weighted by atomic mass is 19.1. The maximum absolute atomic E-state index is 13.6. The van der Waals surface area contributed by atoms with Crippen LogP contribution in [0.2, 0.25) is 0 Å². The fraction of sp³-hybridized carbons (Fsp3) is 0.429. The van der Waals surface area contributed by atoms with E-state index in [4.69, 9.17) is 5.11 Å². The molecule has 108 valence electrons. The topological polar surface area (TPSA) is 66.4 Å². The van der Waals surface area contributed by atoms with E-state index in [1.54, 1.807) is 6.92 Å². The van der Waals surface area contributed by atoms with Crippen LogP contribution in [0.15, 0.2) is 18.2 Å². The highest BCUT2D eigenvalue weighted by molar-refractivity contribution is 5.86. The van der Waals surface area contributed by atoms with Gasteiger partial charge in [0.1, 0.15) is 11.6 Å². The van der Waals surface area contributed by atoms with Crippen molar-refractivity contribution in [2.24, 2.45) is 11.8 Å². The van der Waals surface area contributed by atoms with Gasteiger partial charge in [-0.3, -0.25) is 9.59 Å². The second kappa shape index (κ2) is 5.56. The zero-order valence-electron chi connectivity index (χ0n) is 10.9. The predicted octanol–water partition coefficient (Wildman–Crippen LogP) is 2.25. The van der Waals surface area contributed by atoms with E-state index in [9.17, 15) is 18.4 Å². The third-order valence-electron chi connectivity index (χ3n) is 3.72. The molecule has 0 heterocycles. The summed E-state index contributed by atoms with van der Waals surface area (Å²) in [4.78, 5) is 22.8. The Balaban J connectivity index is 2.02. The molecule has 2 N–H and O–H groups in total. The first kappa shape index (κ1) is 14.4. The number of carboxylic acid groups (broad SMARTS) is 1. The van der Waals surface area contributed by atoms with Crippen molar-refractivity contribution < 1.29 is 23.5 Å². The molecule has 1 saturated carbocycles. The summed E-state index contributed by atoms with van der Waals surface area (Å²) in [6.07, 6.45) is 0.994. The van der Waals surface area contributed by atoms with E-state index in [2.05, 4.69) is 5.32 Å². The maximum Gasteiger partial charge on any atom is 0.307 e. The molecule has 1 aliphatic rings. The lowest BCUT2D eigenvalue weighted by Crippen LogP contribution is -2.44. The lowest BCUT2D eigenvalue weighted by atomic mass is 9.73. The number of carbonyl (C=O) groups is 2. The van der Waals surface area contributed by atoms with Gasteiger partial charge in [-0.1, -0.05) is 6.07 Å². The first-order valence-electron chi connectivity index (χ1n) is 6.38. The highest BCUT2D eigenvalue weighted by Crippen LogP contribution is 2.35. The molecule has 6 heteroatoms. The van der Waals surface area contributed by atoms with Gasteiger partial charge in [-0.2, -0.15) is 0 Å². The first-order chi connectivity index (χ1) is 9.40. The molecular weight excluding hydrogens is 268 g/mol. The van der Waals surface area contributed by atoms with Crippen LogP contribution in [0.1, 0.15) is 31.4 Å². The number of nitrogens with one attached hydrogen (secondary N) is 1. The lowest BCUT2D eigenvalue weighted by Gasteiger charge is -2.33. The molecule has 2 rings (SSSR count). The molecule has 0 radical (unpaired) electrons. The van der Waals surface area contributed by atoms with Crippen LogP contribution < -0.4 is 5.32 Å². The summed E-state index contributed by atoms with van der Waals surface area (Å²) in [5, 5.41) is 11.5. The summed E-state index contributed by atoms with van der Waals surface area (Å²) in [5.41, 5.74) is 0.172. The van der Waals surface area contributed by atoms with Crippen molar-refractivity contribution in [2.75, 3.05) is 0 Å². The van der Waals surface area contributed by atoms with Gasteiger partial charge in [0.05, 0.1) is 17.9 Å². The summed E-state index contributed by atoms with van der Waals surface area (Å²) < 4.78 is 26.4. The van der Waals surface area contributed by atoms with Crippen LogP contribution in [0.25, 0.3) is 0 Å². The van der Waals surface area contributed by atoms with Gasteiger partial charge in [-0.15, -0.1) is 0 Å². The Morgan fingerprint density at radius 2 is 1.95 bits per heavy atom. The number of rotatable bonds is 4. The summed E-state index contributed by atoms with van der Waals surface area (Å²) >= 11 is 0. The summed E-state index contributed by atoms with van der Waals surface area (Å²) in [5.74, 6) is -4.05. The normalized spacial score (nSPS) is 22.8. The number of aliphatic carboxylic acids is 1. The quantitative estimate of drug-likeness (QED) is 0.890. The van der Waals surface area contributed by atoms with Crippen molar-refractivity contribution in [3.8, 4) is 0 Å². The molecule has 1 aromatic carbocycles. The summed E-state index contributed by atoms with van der Waals surface area (Å²) in [7, 11) is 0. The van der Waals surface area contributed by atoms with Crippen LogP contribution in [-0.2, 0) is 9.59 Å². The zero-order valence-corrected chi connectivity index (χ0v) is 10.9. The van der Waals surface area contributed by atoms with Crippen LogP contribution in [0, 0.1) is 23.5 Å². The highest BCUT2D eigenvalue weighted by Gasteiger charge is 2.41. The molecule has 1 aromatic rings. The van der Waals surface area contributed by atoms with Crippen LogP contribution >= 0.6 is 0 Å². The largest absolute Gasteiger partial charge is 0.481 e. The van der Waals surface area contributed by atoms with Gasteiger partial charge in [0.25, 0.3) is 0 Å². The molecule has 3 unspecified atom stereocenters. The lowest BCUT2D eigenvalue weighted by molar-refractivity contribution is -0.152. The molecule has 0 bridgehead atoms. The molecule has 0 spiro atoms. The molecule has 4 nitrogen and oxygen atoms in total. The van der Waals surface area contributed by atoms with Gasteiger partial charge in [0.2, 0.25) is 5.91 Å². The minimum absolute atomic E-state index is 0.172. The van der Waals surface area contributed by atoms with Crippen LogP contribution in [-0.4, -0.2) is 17.0 Å². The Kier molecular flexibility index (Phi) is 4.01. The molecule has 0 aliphatic heterocycles. The van der Waals surface area contributed by atoms with Crippen LogP contribution in [0.5, 0.6) is 0 Å². The number of halogens is 2. The summed E-state index contributed by atoms with van der Waals surface area (Å²) in [6, 6.07) is 2.50. The first-order valence-corrected chi connectivity index (χ1v) is 6.38. The van der Waals surface area contributed by atoms with E-state index in [1.165, 1.54) is 6.07 Å². The second-order valence-electron chi connectivity index (χ2n) is 5.02. The standard InChI is InChI=1S/C14H15F2NO3/c1-7(9-3-2-8(15)6-12(9)16)17-13(18)10-4-5-11(10)14(19)20/h2-3,6-7,10-11H,4-5H2,1H3,(H,17,18)(H,19,20). The zero-order chi connectivity index (χ0) is 14.9. The van der Waals surface area contributed by atoms with E-state index in [0.29, 0.717) is 12.8 Å². The van der Waals surface area contributed by atoms with Crippen molar-refractivity contribution in [3.05, 3.63) is 35.4 Å². The number of hydrogen-bond donors (Lipinski definition) is 2. The van der Waals surface area contributed by atoms with Gasteiger partial charge >= 0.3 is 5.97 Å². The van der Waals surface area contributed by atoms with E-state index >= 15 is 0 Å². The molecule has 1 aliphatic carbocycles. The van der Waals surface area contributed by atoms with Crippen molar-refractivity contribution >= 4 is 11.9 Å². The number of hydrogen-bond acceptors (Lipinski definition) is 2. The second-order valence-corrected chi connectivity index (χ2v) is 5.02. The maximum atomic E-state index is 13.6. The van der Waals surface area contributed by atoms with E-state index in [1.807, 2.05) is 0 Å². The fourth-order valence-corrected chi connectivity index (χ4v) is 2.36. The Hall–Kier alpha value is -1.98. The SMILES string of the molecule is CC(NC(=O)C1CCC1C(=O)O)c1ccc(F)cc1F. The minimum atomic E-state index is -0.989. The third-order valence-corrected chi connectivity index (χ3v) is 3.72. The van der Waals surface area contributed by atoms with E-state index in [-0.39, 0.29) is 5.56 Å². The van der Waals surface area contributed by atoms with Crippen molar-refractivity contribution in [1.29, 1.82) is 0 Å². The van der Waals surface area contributed by atoms with Gasteiger partial charge in [0, 0.05) is 11.6 Å². The van der Waals surface area contributed by atoms with E-state index < -0.39 is 41.4 Å². The Bertz CT molecular complexity index is 547. The molecule has 20 heavy (non-hydrogen) atoms. The molecule has 0 saturated heterocycles. The summed E-state index contributed by atoms with van der Waals surface area (Å²) in [6.45, 7) is 1.57. The van der Waals surface area contributed by atoms with Gasteiger partial charge in [0.15, 0.2) is 0 Å². The number of carboxylic acids is 1. The van der Waals surface area contributed by atoms with Gasteiger partial charge < -0.3 is 10.4 Å². The molecule has 1 fully saturated rings. The number of benzene rings is 1. The number of amides is 1. The third kappa shape index (κ3) is 2.79. The average Bonchev–Trinajstić information content (AvgIpc) is 2.25. The minimum Gasteiger partial charge on any atom is -0.481 e. The van der Waals surface area contributed by atoms with Crippen LogP contribution in [0.4, 0.5) is 8.78 Å². The Morgan fingerprint density at radius 3 is 2.45 bits per heavy atom. The van der Waals surface area contributed by atoms with Gasteiger partial charge in [-0.25, -0.2) is 8.78 Å². The van der Waals surface area contributed by atoms with Crippen molar-refractivity contribution in [3.63, 3.8) is 0 Å². The molecular formula is C14H15F2NO3.